The molecule has 0 spiro atoms. The summed E-state index contributed by atoms with van der Waals surface area (Å²) in [6, 6.07) is 9.31. The molecular formula is C34H51N3O3S. The average molecular weight is 582 g/mol. The highest BCUT2D eigenvalue weighted by atomic mass is 32.2. The molecule has 2 heterocycles. The fraction of sp³-hybridized carbons (Fsp3) is 0.676. The van der Waals surface area contributed by atoms with Crippen LogP contribution < -0.4 is 5.32 Å². The Bertz CT molecular complexity index is 1340. The lowest BCUT2D eigenvalue weighted by Crippen LogP contribution is -2.41. The van der Waals surface area contributed by atoms with Gasteiger partial charge in [-0.25, -0.2) is 12.7 Å². The molecule has 0 bridgehead atoms. The number of nitrogens with one attached hydrogen (secondary N) is 1. The number of benzene rings is 1. The van der Waals surface area contributed by atoms with Crippen molar-refractivity contribution in [2.45, 2.75) is 110 Å². The van der Waals surface area contributed by atoms with Crippen LogP contribution in [0.2, 0.25) is 0 Å². The molecule has 0 unspecified atom stereocenters. The number of piperidine rings is 1. The van der Waals surface area contributed by atoms with E-state index in [1.165, 1.54) is 67.9 Å². The molecule has 0 radical (unpaired) electrons. The number of hydrogen-bond donors (Lipinski definition) is 1. The van der Waals surface area contributed by atoms with E-state index in [1.54, 1.807) is 4.31 Å². The fourth-order valence-corrected chi connectivity index (χ4v) is 7.66. The van der Waals surface area contributed by atoms with Crippen molar-refractivity contribution in [1.29, 1.82) is 0 Å². The van der Waals surface area contributed by atoms with Gasteiger partial charge in [0.25, 0.3) is 5.91 Å². The van der Waals surface area contributed by atoms with E-state index in [2.05, 4.69) is 68.8 Å². The quantitative estimate of drug-likeness (QED) is 0.373. The first-order valence-electron chi connectivity index (χ1n) is 15.8. The van der Waals surface area contributed by atoms with E-state index in [4.69, 9.17) is 0 Å². The summed E-state index contributed by atoms with van der Waals surface area (Å²) in [5.41, 5.74) is 7.29. The summed E-state index contributed by atoms with van der Waals surface area (Å²) in [5.74, 6) is 0.931. The number of rotatable bonds is 8. The van der Waals surface area contributed by atoms with Crippen molar-refractivity contribution >= 4 is 15.9 Å². The van der Waals surface area contributed by atoms with Crippen LogP contribution in [0.1, 0.15) is 113 Å². The maximum atomic E-state index is 13.7. The Labute approximate surface area is 248 Å². The summed E-state index contributed by atoms with van der Waals surface area (Å²) in [6.07, 6.45) is 11.8. The van der Waals surface area contributed by atoms with Crippen molar-refractivity contribution in [3.8, 4) is 11.3 Å². The third-order valence-corrected chi connectivity index (χ3v) is 11.5. The highest BCUT2D eigenvalue weighted by molar-refractivity contribution is 7.88. The van der Waals surface area contributed by atoms with Gasteiger partial charge in [0, 0.05) is 37.6 Å². The molecule has 2 saturated carbocycles. The predicted molar refractivity (Wildman–Crippen MR) is 168 cm³/mol. The number of carbonyl (C=O) groups is 1. The molecule has 226 valence electrons. The van der Waals surface area contributed by atoms with Crippen LogP contribution in [0.25, 0.3) is 11.3 Å². The number of nitrogens with zero attached hydrogens (tertiary/aromatic N) is 2. The zero-order chi connectivity index (χ0) is 29.6. The third-order valence-electron chi connectivity index (χ3n) is 10.2. The van der Waals surface area contributed by atoms with E-state index in [0.717, 1.165) is 36.3 Å². The molecule has 6 nitrogen and oxygen atoms in total. The van der Waals surface area contributed by atoms with Crippen LogP contribution in [0.5, 0.6) is 0 Å². The van der Waals surface area contributed by atoms with E-state index in [9.17, 15) is 13.2 Å². The molecular weight excluding hydrogens is 530 g/mol. The molecule has 1 N–H and O–H groups in total. The normalized spacial score (nSPS) is 20.7. The maximum absolute atomic E-state index is 13.7. The number of hydrogen-bond acceptors (Lipinski definition) is 3. The Balaban J connectivity index is 1.43. The van der Waals surface area contributed by atoms with E-state index < -0.39 is 10.0 Å². The van der Waals surface area contributed by atoms with Crippen molar-refractivity contribution in [3.63, 3.8) is 0 Å². The lowest BCUT2D eigenvalue weighted by molar-refractivity contribution is 0.0940. The van der Waals surface area contributed by atoms with Crippen molar-refractivity contribution in [2.24, 2.45) is 11.8 Å². The van der Waals surface area contributed by atoms with Crippen LogP contribution >= 0.6 is 0 Å². The summed E-state index contributed by atoms with van der Waals surface area (Å²) in [5, 5.41) is 3.22. The predicted octanol–water partition coefficient (Wildman–Crippen LogP) is 6.79. The summed E-state index contributed by atoms with van der Waals surface area (Å²) >= 11 is 0. The molecule has 7 heteroatoms. The molecule has 3 aliphatic rings. The van der Waals surface area contributed by atoms with E-state index >= 15 is 0 Å². The zero-order valence-electron chi connectivity index (χ0n) is 26.2. The second kappa shape index (κ2) is 11.5. The minimum Gasteiger partial charge on any atom is -0.352 e. The van der Waals surface area contributed by atoms with Crippen LogP contribution in [0, 0.1) is 18.8 Å². The van der Waals surface area contributed by atoms with Gasteiger partial charge >= 0.3 is 0 Å². The molecule has 1 aromatic heterocycles. The van der Waals surface area contributed by atoms with E-state index in [1.807, 2.05) is 0 Å². The molecule has 5 rings (SSSR count). The van der Waals surface area contributed by atoms with Gasteiger partial charge in [0.1, 0.15) is 0 Å². The summed E-state index contributed by atoms with van der Waals surface area (Å²) in [4.78, 5) is 13.7. The lowest BCUT2D eigenvalue weighted by atomic mass is 9.82. The Morgan fingerprint density at radius 1 is 0.976 bits per heavy atom. The van der Waals surface area contributed by atoms with Crippen LogP contribution in [0.3, 0.4) is 0 Å². The molecule has 1 amide bonds. The second-order valence-electron chi connectivity index (χ2n) is 14.6. The summed E-state index contributed by atoms with van der Waals surface area (Å²) in [6.45, 7) is 14.0. The van der Waals surface area contributed by atoms with E-state index in [-0.39, 0.29) is 16.7 Å². The van der Waals surface area contributed by atoms with Crippen molar-refractivity contribution in [1.82, 2.24) is 14.2 Å². The first-order chi connectivity index (χ1) is 19.2. The minimum atomic E-state index is -3.15. The first-order valence-corrected chi connectivity index (χ1v) is 17.7. The molecule has 1 aliphatic heterocycles. The SMILES string of the molecule is Cc1c(C(=O)NCC2CCN(S(C)(=O)=O)CC2)cc(-c2cc(C(C)(C)C)cc(C3(C)CC3)c2)n1CC1CCCCC1. The highest BCUT2D eigenvalue weighted by Crippen LogP contribution is 2.49. The number of aromatic nitrogens is 1. The van der Waals surface area contributed by atoms with Crippen molar-refractivity contribution in [3.05, 3.63) is 46.6 Å². The van der Waals surface area contributed by atoms with Gasteiger partial charge in [-0.2, -0.15) is 0 Å². The van der Waals surface area contributed by atoms with Gasteiger partial charge in [0.15, 0.2) is 0 Å². The molecule has 3 fully saturated rings. The van der Waals surface area contributed by atoms with Crippen LogP contribution in [0.15, 0.2) is 24.3 Å². The van der Waals surface area contributed by atoms with Gasteiger partial charge in [-0.1, -0.05) is 53.0 Å². The summed E-state index contributed by atoms with van der Waals surface area (Å²) in [7, 11) is -3.15. The number of amides is 1. The van der Waals surface area contributed by atoms with Gasteiger partial charge in [-0.15, -0.1) is 0 Å². The zero-order valence-corrected chi connectivity index (χ0v) is 27.0. The second-order valence-corrected chi connectivity index (χ2v) is 16.6. The van der Waals surface area contributed by atoms with Gasteiger partial charge in [0.2, 0.25) is 10.0 Å². The van der Waals surface area contributed by atoms with Gasteiger partial charge in [0.05, 0.1) is 11.8 Å². The minimum absolute atomic E-state index is 0.0157. The van der Waals surface area contributed by atoms with Crippen LogP contribution in [-0.4, -0.2) is 49.1 Å². The third kappa shape index (κ3) is 6.93. The monoisotopic (exact) mass is 581 g/mol. The van der Waals surface area contributed by atoms with Crippen molar-refractivity contribution in [2.75, 3.05) is 25.9 Å². The lowest BCUT2D eigenvalue weighted by Gasteiger charge is -2.30. The Morgan fingerprint density at radius 2 is 1.63 bits per heavy atom. The smallest absolute Gasteiger partial charge is 0.253 e. The first kappa shape index (κ1) is 30.3. The Kier molecular flexibility index (Phi) is 8.52. The van der Waals surface area contributed by atoms with Gasteiger partial charge < -0.3 is 9.88 Å². The van der Waals surface area contributed by atoms with Gasteiger partial charge in [-0.05, 0) is 103 Å². The van der Waals surface area contributed by atoms with E-state index in [0.29, 0.717) is 31.5 Å². The van der Waals surface area contributed by atoms with Crippen molar-refractivity contribution < 1.29 is 13.2 Å². The number of carbonyl (C=O) groups excluding carboxylic acids is 1. The molecule has 41 heavy (non-hydrogen) atoms. The van der Waals surface area contributed by atoms with Crippen LogP contribution in [-0.2, 0) is 27.4 Å². The molecule has 1 aromatic carbocycles. The highest BCUT2D eigenvalue weighted by Gasteiger charge is 2.40. The topological polar surface area (TPSA) is 71.4 Å². The number of sulfonamides is 1. The molecule has 1 saturated heterocycles. The largest absolute Gasteiger partial charge is 0.352 e. The van der Waals surface area contributed by atoms with Gasteiger partial charge in [-0.3, -0.25) is 4.79 Å². The fourth-order valence-electron chi connectivity index (χ4n) is 6.79. The van der Waals surface area contributed by atoms with Crippen LogP contribution in [0.4, 0.5) is 0 Å². The molecule has 2 aromatic rings. The molecule has 0 atom stereocenters. The Morgan fingerprint density at radius 3 is 2.22 bits per heavy atom. The maximum Gasteiger partial charge on any atom is 0.253 e. The molecule has 2 aliphatic carbocycles. The average Bonchev–Trinajstić information content (AvgIpc) is 3.61. The Hall–Kier alpha value is -2.12. The standard InChI is InChI=1S/C34H51N3O3S/c1-24-30(32(38)35-22-25-12-16-36(17-13-25)41(6,39)40)21-31(37(24)23-26-10-8-7-9-11-26)27-18-28(33(2,3)4)20-29(19-27)34(5)14-15-34/h18-21,25-26H,7-17,22-23H2,1-6H3,(H,35,38). The summed E-state index contributed by atoms with van der Waals surface area (Å²) < 4.78 is 27.8.